The smallest absolute Gasteiger partial charge is 0.258 e. The van der Waals surface area contributed by atoms with Crippen LogP contribution < -0.4 is 10.2 Å². The predicted molar refractivity (Wildman–Crippen MR) is 112 cm³/mol. The molecule has 4 nitrogen and oxygen atoms in total. The van der Waals surface area contributed by atoms with E-state index in [0.29, 0.717) is 23.4 Å². The van der Waals surface area contributed by atoms with Gasteiger partial charge >= 0.3 is 0 Å². The quantitative estimate of drug-likeness (QED) is 0.723. The largest absolute Gasteiger partial charge is 0.322 e. The van der Waals surface area contributed by atoms with E-state index in [-0.39, 0.29) is 11.8 Å². The van der Waals surface area contributed by atoms with Gasteiger partial charge in [0.2, 0.25) is 0 Å². The second kappa shape index (κ2) is 7.31. The minimum absolute atomic E-state index is 0.0165. The van der Waals surface area contributed by atoms with Gasteiger partial charge < -0.3 is 10.2 Å². The molecule has 0 fully saturated rings. The molecule has 0 aliphatic carbocycles. The van der Waals surface area contributed by atoms with E-state index in [4.69, 9.17) is 0 Å². The molecule has 1 N–H and O–H groups in total. The number of nitrogens with zero attached hydrogens (tertiary/aromatic N) is 1. The van der Waals surface area contributed by atoms with E-state index >= 15 is 0 Å². The van der Waals surface area contributed by atoms with Gasteiger partial charge in [0.25, 0.3) is 11.8 Å². The molecule has 0 unspecified atom stereocenters. The maximum atomic E-state index is 12.9. The minimum atomic E-state index is -0.148. The van der Waals surface area contributed by atoms with Crippen molar-refractivity contribution in [3.05, 3.63) is 94.5 Å². The molecule has 0 saturated carbocycles. The SMILES string of the molecule is Cc1ccc(C(=O)Nc2ccc(C(=O)N3CCc4ccccc43)cc2)c(C)c1. The molecule has 1 heterocycles. The molecule has 28 heavy (non-hydrogen) atoms. The number of amides is 2. The third-order valence-corrected chi connectivity index (χ3v) is 5.15. The van der Waals surface area contributed by atoms with E-state index in [1.807, 2.05) is 55.1 Å². The van der Waals surface area contributed by atoms with Crippen LogP contribution in [0.1, 0.15) is 37.4 Å². The number of benzene rings is 3. The molecule has 1 aliphatic rings. The molecule has 2 amide bonds. The number of carbonyl (C=O) groups is 2. The second-order valence-corrected chi connectivity index (χ2v) is 7.19. The van der Waals surface area contributed by atoms with Gasteiger partial charge in [-0.1, -0.05) is 35.9 Å². The van der Waals surface area contributed by atoms with Crippen molar-refractivity contribution in [2.24, 2.45) is 0 Å². The first kappa shape index (κ1) is 18.0. The summed E-state index contributed by atoms with van der Waals surface area (Å²) in [6.07, 6.45) is 0.881. The monoisotopic (exact) mass is 370 g/mol. The van der Waals surface area contributed by atoms with E-state index in [1.54, 1.807) is 24.3 Å². The van der Waals surface area contributed by atoms with Crippen LogP contribution >= 0.6 is 0 Å². The summed E-state index contributed by atoms with van der Waals surface area (Å²) < 4.78 is 0. The maximum Gasteiger partial charge on any atom is 0.258 e. The van der Waals surface area contributed by atoms with Gasteiger partial charge in [0.05, 0.1) is 0 Å². The first-order valence-corrected chi connectivity index (χ1v) is 9.41. The normalized spacial score (nSPS) is 12.6. The summed E-state index contributed by atoms with van der Waals surface area (Å²) in [6.45, 7) is 4.63. The van der Waals surface area contributed by atoms with E-state index in [9.17, 15) is 9.59 Å². The molecule has 0 radical (unpaired) electrons. The molecule has 0 atom stereocenters. The van der Waals surface area contributed by atoms with Gasteiger partial charge in [0.15, 0.2) is 0 Å². The lowest BCUT2D eigenvalue weighted by Crippen LogP contribution is -2.28. The molecule has 0 aromatic heterocycles. The first-order chi connectivity index (χ1) is 13.5. The lowest BCUT2D eigenvalue weighted by molar-refractivity contribution is 0.0988. The van der Waals surface area contributed by atoms with Crippen LogP contribution in [-0.4, -0.2) is 18.4 Å². The fourth-order valence-corrected chi connectivity index (χ4v) is 3.67. The minimum Gasteiger partial charge on any atom is -0.322 e. The van der Waals surface area contributed by atoms with Crippen LogP contribution in [-0.2, 0) is 6.42 Å². The Morgan fingerprint density at radius 2 is 1.68 bits per heavy atom. The van der Waals surface area contributed by atoms with Gasteiger partial charge in [-0.15, -0.1) is 0 Å². The number of aryl methyl sites for hydroxylation is 2. The van der Waals surface area contributed by atoms with Gasteiger partial charge in [-0.3, -0.25) is 9.59 Å². The Hall–Kier alpha value is -3.40. The van der Waals surface area contributed by atoms with Crippen molar-refractivity contribution < 1.29 is 9.59 Å². The van der Waals surface area contributed by atoms with Crippen molar-refractivity contribution in [3.63, 3.8) is 0 Å². The lowest BCUT2D eigenvalue weighted by atomic mass is 10.1. The van der Waals surface area contributed by atoms with Crippen molar-refractivity contribution in [2.75, 3.05) is 16.8 Å². The van der Waals surface area contributed by atoms with Crippen molar-refractivity contribution in [2.45, 2.75) is 20.3 Å². The summed E-state index contributed by atoms with van der Waals surface area (Å²) in [5, 5.41) is 2.91. The summed E-state index contributed by atoms with van der Waals surface area (Å²) in [5.74, 6) is -0.165. The van der Waals surface area contributed by atoms with Crippen LogP contribution in [0.5, 0.6) is 0 Å². The highest BCUT2D eigenvalue weighted by atomic mass is 16.2. The number of para-hydroxylation sites is 1. The van der Waals surface area contributed by atoms with E-state index < -0.39 is 0 Å². The highest BCUT2D eigenvalue weighted by molar-refractivity contribution is 6.08. The Labute approximate surface area is 164 Å². The van der Waals surface area contributed by atoms with Crippen LogP contribution in [0.3, 0.4) is 0 Å². The van der Waals surface area contributed by atoms with Crippen LogP contribution in [0.4, 0.5) is 11.4 Å². The fraction of sp³-hybridized carbons (Fsp3) is 0.167. The fourth-order valence-electron chi connectivity index (χ4n) is 3.67. The summed E-state index contributed by atoms with van der Waals surface area (Å²) in [5.41, 5.74) is 6.19. The molecule has 0 bridgehead atoms. The highest BCUT2D eigenvalue weighted by Crippen LogP contribution is 2.29. The van der Waals surface area contributed by atoms with Crippen molar-refractivity contribution in [3.8, 4) is 0 Å². The summed E-state index contributed by atoms with van der Waals surface area (Å²) in [6, 6.07) is 20.8. The summed E-state index contributed by atoms with van der Waals surface area (Å²) >= 11 is 0. The van der Waals surface area contributed by atoms with Crippen molar-refractivity contribution in [1.82, 2.24) is 0 Å². The van der Waals surface area contributed by atoms with Gasteiger partial charge in [-0.25, -0.2) is 0 Å². The van der Waals surface area contributed by atoms with Crippen LogP contribution in [0.15, 0.2) is 66.7 Å². The molecular formula is C24H22N2O2. The lowest BCUT2D eigenvalue weighted by Gasteiger charge is -2.17. The summed E-state index contributed by atoms with van der Waals surface area (Å²) in [4.78, 5) is 27.2. The molecule has 0 spiro atoms. The van der Waals surface area contributed by atoms with E-state index in [2.05, 4.69) is 11.4 Å². The van der Waals surface area contributed by atoms with Gasteiger partial charge in [0.1, 0.15) is 0 Å². The number of carbonyl (C=O) groups excluding carboxylic acids is 2. The zero-order valence-electron chi connectivity index (χ0n) is 16.0. The third kappa shape index (κ3) is 3.41. The predicted octanol–water partition coefficient (Wildman–Crippen LogP) is 4.76. The number of fused-ring (bicyclic) bond motifs is 1. The van der Waals surface area contributed by atoms with Gasteiger partial charge in [-0.05, 0) is 67.8 Å². The van der Waals surface area contributed by atoms with Crippen molar-refractivity contribution >= 4 is 23.2 Å². The Bertz CT molecular complexity index is 1050. The first-order valence-electron chi connectivity index (χ1n) is 9.41. The molecule has 3 aromatic carbocycles. The average Bonchev–Trinajstić information content (AvgIpc) is 3.12. The zero-order valence-corrected chi connectivity index (χ0v) is 16.0. The van der Waals surface area contributed by atoms with Gasteiger partial charge in [-0.2, -0.15) is 0 Å². The van der Waals surface area contributed by atoms with Crippen LogP contribution in [0.2, 0.25) is 0 Å². The van der Waals surface area contributed by atoms with Gasteiger partial charge in [0, 0.05) is 29.0 Å². The number of hydrogen-bond acceptors (Lipinski definition) is 2. The Kier molecular flexibility index (Phi) is 4.70. The Balaban J connectivity index is 1.48. The molecule has 4 heteroatoms. The highest BCUT2D eigenvalue weighted by Gasteiger charge is 2.25. The molecular weight excluding hydrogens is 348 g/mol. The number of nitrogens with one attached hydrogen (secondary N) is 1. The third-order valence-electron chi connectivity index (χ3n) is 5.15. The molecule has 0 saturated heterocycles. The van der Waals surface area contributed by atoms with E-state index in [1.165, 1.54) is 5.56 Å². The number of rotatable bonds is 3. The maximum absolute atomic E-state index is 12.9. The summed E-state index contributed by atoms with van der Waals surface area (Å²) in [7, 11) is 0. The number of hydrogen-bond donors (Lipinski definition) is 1. The average molecular weight is 370 g/mol. The standard InChI is InChI=1S/C24H22N2O2/c1-16-7-12-21(17(2)15-16)23(27)25-20-10-8-19(9-11-20)24(28)26-14-13-18-5-3-4-6-22(18)26/h3-12,15H,13-14H2,1-2H3,(H,25,27). The molecule has 4 rings (SSSR count). The topological polar surface area (TPSA) is 49.4 Å². The Morgan fingerprint density at radius 1 is 0.929 bits per heavy atom. The van der Waals surface area contributed by atoms with Crippen LogP contribution in [0, 0.1) is 13.8 Å². The second-order valence-electron chi connectivity index (χ2n) is 7.19. The Morgan fingerprint density at radius 3 is 2.43 bits per heavy atom. The van der Waals surface area contributed by atoms with Crippen molar-refractivity contribution in [1.29, 1.82) is 0 Å². The van der Waals surface area contributed by atoms with Crippen LogP contribution in [0.25, 0.3) is 0 Å². The number of anilines is 2. The zero-order chi connectivity index (χ0) is 19.7. The molecule has 1 aliphatic heterocycles. The molecule has 140 valence electrons. The van der Waals surface area contributed by atoms with E-state index in [0.717, 1.165) is 23.2 Å². The molecule has 3 aromatic rings.